The number of benzene rings is 6. The number of rotatable bonds is 16. The standard InChI is InChI=1S/C26H31ClN4O2.C25H23ClN4O.C19H18ClN3O/c1-31-24(33)26(30-25(31)28,14-13-18-7-3-2-4-8-18)17-19-9-5-12-22(15-19)29-23(32)20-10-6-11-21(27)16-20;26-22-8-2-6-19(15-22)18-5-1-7-21(14-18)25(20-9-10-20)23(31)30(24(27)29-25)13-11-17-4-3-12-28-16-17;1-23-17(24)19(14-8-9-14,22-18(23)21)15-6-2-4-12(10-15)13-5-3-7-16(20)11-13/h2-4,6-8,10-11,16,19,22H,5,9,12-15,17H2,1H3,(H2,28,30)(H,29,32);1-8,12,14-16,20H,9-11,13H2,(H2,27,29);2-7,10-11,14H,8-9H2,1H3,(H2,21,22)/t19-,22+,26+;;/m0../s1. The van der Waals surface area contributed by atoms with E-state index in [-0.39, 0.29) is 53.4 Å². The van der Waals surface area contributed by atoms with E-state index in [0.29, 0.717) is 58.4 Å². The minimum atomic E-state index is -0.937. The quantitative estimate of drug-likeness (QED) is 0.0728. The molecule has 4 amide bonds. The van der Waals surface area contributed by atoms with Gasteiger partial charge in [0, 0.05) is 59.7 Å². The first kappa shape index (κ1) is 61.3. The van der Waals surface area contributed by atoms with Crippen LogP contribution in [0.1, 0.15) is 96.8 Å². The maximum absolute atomic E-state index is 13.7. The molecule has 7 aromatic rings. The summed E-state index contributed by atoms with van der Waals surface area (Å²) >= 11 is 18.3. The zero-order valence-electron chi connectivity index (χ0n) is 49.4. The average Bonchev–Trinajstić information content (AvgIpc) is 1.62. The third-order valence-electron chi connectivity index (χ3n) is 17.9. The van der Waals surface area contributed by atoms with Crippen LogP contribution in [0.5, 0.6) is 0 Å². The Labute approximate surface area is 529 Å². The van der Waals surface area contributed by atoms with Crippen LogP contribution in [0.25, 0.3) is 22.3 Å². The van der Waals surface area contributed by atoms with Crippen LogP contribution in [0, 0.1) is 17.8 Å². The fourth-order valence-corrected chi connectivity index (χ4v) is 13.6. The Morgan fingerprint density at radius 1 is 0.557 bits per heavy atom. The number of carbonyl (C=O) groups is 4. The number of hydrogen-bond donors (Lipinski definition) is 4. The first-order valence-electron chi connectivity index (χ1n) is 30.1. The van der Waals surface area contributed by atoms with Gasteiger partial charge in [0.15, 0.2) is 29.0 Å². The fourth-order valence-electron chi connectivity index (χ4n) is 13.0. The van der Waals surface area contributed by atoms with Gasteiger partial charge in [0.25, 0.3) is 23.6 Å². The van der Waals surface area contributed by atoms with Gasteiger partial charge >= 0.3 is 0 Å². The number of nitrogens with two attached hydrogens (primary N) is 3. The summed E-state index contributed by atoms with van der Waals surface area (Å²) in [7, 11) is 3.38. The van der Waals surface area contributed by atoms with Crippen molar-refractivity contribution in [2.45, 2.75) is 99.7 Å². The van der Waals surface area contributed by atoms with Crippen LogP contribution in [-0.2, 0) is 38.3 Å². The van der Waals surface area contributed by atoms with E-state index in [0.717, 1.165) is 96.7 Å². The van der Waals surface area contributed by atoms with Gasteiger partial charge in [0.05, 0.1) is 0 Å². The third-order valence-corrected chi connectivity index (χ3v) is 18.6. The molecule has 3 aliphatic carbocycles. The number of pyridine rings is 1. The monoisotopic (exact) mass is 1240 g/mol. The Morgan fingerprint density at radius 2 is 1.09 bits per heavy atom. The summed E-state index contributed by atoms with van der Waals surface area (Å²) in [6, 6.07) is 52.6. The molecule has 1 aromatic heterocycles. The Kier molecular flexibility index (Phi) is 18.2. The normalized spacial score (nSPS) is 23.1. The molecular formula is C70H72Cl3N11O4. The highest BCUT2D eigenvalue weighted by atomic mass is 35.5. The van der Waals surface area contributed by atoms with Crippen molar-refractivity contribution in [1.82, 2.24) is 25.0 Å². The zero-order valence-corrected chi connectivity index (χ0v) is 51.6. The number of hydrogen-bond acceptors (Lipinski definition) is 11. The van der Waals surface area contributed by atoms with Gasteiger partial charge in [-0.15, -0.1) is 0 Å². The molecule has 7 N–H and O–H groups in total. The number of likely N-dealkylation sites (N-methyl/N-ethyl adjacent to an activating group) is 2. The lowest BCUT2D eigenvalue weighted by atomic mass is 9.75. The zero-order chi connectivity index (χ0) is 61.7. The molecule has 4 heterocycles. The molecule has 88 heavy (non-hydrogen) atoms. The van der Waals surface area contributed by atoms with Crippen LogP contribution in [-0.4, -0.2) is 93.4 Å². The van der Waals surface area contributed by atoms with E-state index >= 15 is 0 Å². The van der Waals surface area contributed by atoms with Crippen molar-refractivity contribution in [3.8, 4) is 22.3 Å². The second-order valence-corrected chi connectivity index (χ2v) is 25.2. The SMILES string of the molecule is CN1C(=O)C(c2cccc(-c3cccc(Cl)c3)c2)(C2CC2)N=C1N.CN1C(=O)[C@@](CCc2ccccc2)(C[C@H]2CCC[C@@H](NC(=O)c3cccc(Cl)c3)C2)N=C1N.NC1=NC(c2cccc(-c3cccc(Cl)c3)c2)(C2CC2)C(=O)N1CCc1cccnc1. The Morgan fingerprint density at radius 3 is 1.62 bits per heavy atom. The van der Waals surface area contributed by atoms with Crippen LogP contribution >= 0.6 is 34.8 Å². The fraction of sp³-hybridized carbons (Fsp3) is 0.314. The topological polar surface area (TPSA) is 218 Å². The maximum Gasteiger partial charge on any atom is 0.262 e. The molecule has 0 bridgehead atoms. The van der Waals surface area contributed by atoms with Crippen molar-refractivity contribution in [2.75, 3.05) is 20.6 Å². The molecular weight excluding hydrogens is 1170 g/mol. The number of amides is 4. The minimum Gasteiger partial charge on any atom is -0.369 e. The van der Waals surface area contributed by atoms with Gasteiger partial charge in [-0.25, -0.2) is 15.0 Å². The van der Waals surface area contributed by atoms with Crippen LogP contribution in [0.3, 0.4) is 0 Å². The number of aryl methyl sites for hydroxylation is 1. The number of halogens is 3. The van der Waals surface area contributed by atoms with Gasteiger partial charge in [-0.1, -0.05) is 151 Å². The number of carbonyl (C=O) groups excluding carboxylic acids is 4. The van der Waals surface area contributed by atoms with E-state index in [1.165, 1.54) is 15.4 Å². The lowest BCUT2D eigenvalue weighted by Gasteiger charge is -2.35. The second-order valence-electron chi connectivity index (χ2n) is 23.9. The second kappa shape index (κ2) is 26.1. The number of guanidine groups is 3. The summed E-state index contributed by atoms with van der Waals surface area (Å²) in [5, 5.41) is 5.08. The van der Waals surface area contributed by atoms with E-state index in [2.05, 4.69) is 33.5 Å². The third kappa shape index (κ3) is 13.1. The lowest BCUT2D eigenvalue weighted by molar-refractivity contribution is -0.132. The van der Waals surface area contributed by atoms with Gasteiger partial charge in [0.1, 0.15) is 5.54 Å². The highest BCUT2D eigenvalue weighted by Gasteiger charge is 2.59. The van der Waals surface area contributed by atoms with Gasteiger partial charge in [-0.3, -0.25) is 38.9 Å². The molecule has 452 valence electrons. The molecule has 0 radical (unpaired) electrons. The molecule has 0 saturated heterocycles. The van der Waals surface area contributed by atoms with Crippen molar-refractivity contribution in [2.24, 2.45) is 49.9 Å². The Balaban J connectivity index is 0.000000138. The molecule has 3 aliphatic heterocycles. The minimum absolute atomic E-state index is 0.0268. The molecule has 3 fully saturated rings. The smallest absolute Gasteiger partial charge is 0.262 e. The summed E-state index contributed by atoms with van der Waals surface area (Å²) in [5.74, 6) is 1.36. The van der Waals surface area contributed by atoms with Crippen molar-refractivity contribution >= 4 is 76.3 Å². The van der Waals surface area contributed by atoms with E-state index in [4.69, 9.17) is 62.0 Å². The number of aromatic nitrogens is 1. The van der Waals surface area contributed by atoms with E-state index < -0.39 is 16.6 Å². The van der Waals surface area contributed by atoms with E-state index in [1.807, 2.05) is 128 Å². The van der Waals surface area contributed by atoms with Crippen LogP contribution < -0.4 is 22.5 Å². The van der Waals surface area contributed by atoms with Gasteiger partial charge in [0.2, 0.25) is 0 Å². The summed E-state index contributed by atoms with van der Waals surface area (Å²) < 4.78 is 0. The van der Waals surface area contributed by atoms with E-state index in [9.17, 15) is 19.2 Å². The predicted octanol–water partition coefficient (Wildman–Crippen LogP) is 12.0. The van der Waals surface area contributed by atoms with Crippen molar-refractivity contribution in [3.63, 3.8) is 0 Å². The highest BCUT2D eigenvalue weighted by molar-refractivity contribution is 6.31. The van der Waals surface area contributed by atoms with Gasteiger partial charge in [-0.2, -0.15) is 0 Å². The van der Waals surface area contributed by atoms with Gasteiger partial charge < -0.3 is 22.5 Å². The van der Waals surface area contributed by atoms with E-state index in [1.54, 1.807) is 49.5 Å². The largest absolute Gasteiger partial charge is 0.369 e. The number of aliphatic imine (C=N–C) groups is 3. The first-order valence-corrected chi connectivity index (χ1v) is 31.3. The molecule has 18 heteroatoms. The molecule has 3 saturated carbocycles. The highest BCUT2D eigenvalue weighted by Crippen LogP contribution is 2.53. The predicted molar refractivity (Wildman–Crippen MR) is 349 cm³/mol. The molecule has 0 spiro atoms. The van der Waals surface area contributed by atoms with Crippen molar-refractivity contribution in [3.05, 3.63) is 219 Å². The summed E-state index contributed by atoms with van der Waals surface area (Å²) in [6.07, 6.45) is 14.0. The Hall–Kier alpha value is -8.37. The molecule has 6 aromatic carbocycles. The van der Waals surface area contributed by atoms with Gasteiger partial charge in [-0.05, 0) is 187 Å². The van der Waals surface area contributed by atoms with Crippen LogP contribution in [0.4, 0.5) is 0 Å². The summed E-state index contributed by atoms with van der Waals surface area (Å²) in [6.45, 7) is 0.488. The summed E-state index contributed by atoms with van der Waals surface area (Å²) in [5.41, 5.74) is 24.4. The number of nitrogens with one attached hydrogen (secondary N) is 1. The molecule has 5 atom stereocenters. The number of nitrogens with zero attached hydrogens (tertiary/aromatic N) is 7. The summed E-state index contributed by atoms with van der Waals surface area (Å²) in [4.78, 5) is 75.5. The lowest BCUT2D eigenvalue weighted by Crippen LogP contribution is -2.45. The molecule has 15 nitrogen and oxygen atoms in total. The maximum atomic E-state index is 13.7. The molecule has 2 unspecified atom stereocenters. The Bertz CT molecular complexity index is 3840. The molecule has 6 aliphatic rings. The van der Waals surface area contributed by atoms with Crippen molar-refractivity contribution in [1.29, 1.82) is 0 Å². The first-order chi connectivity index (χ1) is 42.5. The van der Waals surface area contributed by atoms with Crippen molar-refractivity contribution < 1.29 is 19.2 Å². The van der Waals surface area contributed by atoms with Crippen LogP contribution in [0.2, 0.25) is 15.1 Å². The molecule has 13 rings (SSSR count). The average molecular weight is 1240 g/mol. The van der Waals surface area contributed by atoms with Crippen LogP contribution in [0.15, 0.2) is 191 Å².